The van der Waals surface area contributed by atoms with Crippen LogP contribution in [0, 0.1) is 0 Å². The summed E-state index contributed by atoms with van der Waals surface area (Å²) >= 11 is 0. The molecular weight excluding hydrogens is 210 g/mol. The molecule has 0 aliphatic carbocycles. The van der Waals surface area contributed by atoms with Gasteiger partial charge in [-0.15, -0.1) is 0 Å². The summed E-state index contributed by atoms with van der Waals surface area (Å²) < 4.78 is 33.8. The molecule has 2 atom stereocenters. The first kappa shape index (κ1) is 9.64. The van der Waals surface area contributed by atoms with Crippen LogP contribution < -0.4 is 0 Å². The van der Waals surface area contributed by atoms with Gasteiger partial charge in [-0.1, -0.05) is 9.05 Å². The van der Waals surface area contributed by atoms with Gasteiger partial charge in [0, 0.05) is 9.13 Å². The van der Waals surface area contributed by atoms with Gasteiger partial charge in [0.2, 0.25) is 0 Å². The molecule has 0 spiro atoms. The van der Waals surface area contributed by atoms with E-state index >= 15 is 0 Å². The standard InChI is InChI=1S/C3H3O7P2/c4-2(5)1-3-8-11(6)10-12(7)9-3/h3H,1H2/q+1/p+1. The van der Waals surface area contributed by atoms with E-state index in [0.29, 0.717) is 0 Å². The minimum absolute atomic E-state index is 0.522. The topological polar surface area (TPSA) is 99.1 Å². The van der Waals surface area contributed by atoms with Crippen molar-refractivity contribution in [3.05, 3.63) is 0 Å². The fraction of sp³-hybridized carbons (Fsp3) is 0.667. The highest BCUT2D eigenvalue weighted by molar-refractivity contribution is 7.48. The predicted molar refractivity (Wildman–Crippen MR) is 34.5 cm³/mol. The summed E-state index contributed by atoms with van der Waals surface area (Å²) in [6.07, 6.45) is -1.78. The quantitative estimate of drug-likeness (QED) is 0.688. The first-order valence-electron chi connectivity index (χ1n) is 2.76. The van der Waals surface area contributed by atoms with Gasteiger partial charge in [-0.2, -0.15) is 0 Å². The van der Waals surface area contributed by atoms with Gasteiger partial charge in [0.15, 0.2) is 4.31 Å². The van der Waals surface area contributed by atoms with Crippen molar-refractivity contribution in [2.75, 3.05) is 0 Å². The molecule has 2 unspecified atom stereocenters. The minimum atomic E-state index is -2.52. The number of carboxylic acid groups (broad SMARTS) is 1. The molecule has 0 aromatic heterocycles. The Bertz CT molecular complexity index is 218. The van der Waals surface area contributed by atoms with Crippen molar-refractivity contribution in [1.82, 2.24) is 0 Å². The van der Waals surface area contributed by atoms with Crippen molar-refractivity contribution in [3.63, 3.8) is 0 Å². The predicted octanol–water partition coefficient (Wildman–Crippen LogP) is 1.17. The van der Waals surface area contributed by atoms with Gasteiger partial charge in [0.1, 0.15) is 6.42 Å². The summed E-state index contributed by atoms with van der Waals surface area (Å²) in [6, 6.07) is 0. The van der Waals surface area contributed by atoms with E-state index in [1.807, 2.05) is 0 Å². The number of hydrogen-bond acceptors (Lipinski definition) is 6. The molecule has 9 heteroatoms. The molecule has 1 fully saturated rings. The van der Waals surface area contributed by atoms with Crippen LogP contribution >= 0.6 is 16.5 Å². The number of aliphatic carboxylic acids is 1. The zero-order valence-electron chi connectivity index (χ0n) is 5.58. The average Bonchev–Trinajstić information content (AvgIpc) is 1.81. The number of carbonyl (C=O) groups is 1. The second-order valence-electron chi connectivity index (χ2n) is 1.77. The van der Waals surface area contributed by atoms with Crippen LogP contribution in [0.4, 0.5) is 0 Å². The van der Waals surface area contributed by atoms with Gasteiger partial charge in [-0.3, -0.25) is 4.79 Å². The molecule has 0 amide bonds. The maximum atomic E-state index is 10.5. The van der Waals surface area contributed by atoms with Gasteiger partial charge in [-0.25, -0.2) is 0 Å². The zero-order valence-corrected chi connectivity index (χ0v) is 7.36. The molecule has 1 aliphatic rings. The Morgan fingerprint density at radius 2 is 1.83 bits per heavy atom. The van der Waals surface area contributed by atoms with Crippen molar-refractivity contribution < 1.29 is 32.4 Å². The Balaban J connectivity index is 2.49. The number of rotatable bonds is 2. The van der Waals surface area contributed by atoms with E-state index < -0.39 is 35.2 Å². The van der Waals surface area contributed by atoms with Gasteiger partial charge >= 0.3 is 22.5 Å². The van der Waals surface area contributed by atoms with Crippen molar-refractivity contribution >= 4 is 22.5 Å². The maximum Gasteiger partial charge on any atom is 0.750 e. The normalized spacial score (nSPS) is 30.2. The van der Waals surface area contributed by atoms with E-state index in [4.69, 9.17) is 5.11 Å². The van der Waals surface area contributed by atoms with E-state index in [2.05, 4.69) is 13.4 Å². The molecule has 12 heavy (non-hydrogen) atoms. The highest BCUT2D eigenvalue weighted by Crippen LogP contribution is 2.47. The van der Waals surface area contributed by atoms with Crippen LogP contribution in [0.2, 0.25) is 0 Å². The fourth-order valence-electron chi connectivity index (χ4n) is 0.521. The highest BCUT2D eigenvalue weighted by atomic mass is 31.2. The van der Waals surface area contributed by atoms with Crippen LogP contribution in [0.1, 0.15) is 6.42 Å². The molecule has 0 saturated carbocycles. The zero-order chi connectivity index (χ0) is 9.14. The van der Waals surface area contributed by atoms with E-state index in [0.717, 1.165) is 0 Å². The van der Waals surface area contributed by atoms with E-state index in [1.54, 1.807) is 0 Å². The lowest BCUT2D eigenvalue weighted by Crippen LogP contribution is -2.18. The van der Waals surface area contributed by atoms with Gasteiger partial charge < -0.3 is 5.11 Å². The third kappa shape index (κ3) is 2.89. The van der Waals surface area contributed by atoms with Gasteiger partial charge in [-0.05, 0) is 0 Å². The molecule has 0 aromatic carbocycles. The van der Waals surface area contributed by atoms with Crippen LogP contribution in [-0.2, 0) is 27.3 Å². The highest BCUT2D eigenvalue weighted by Gasteiger charge is 2.52. The summed E-state index contributed by atoms with van der Waals surface area (Å²) in [6.45, 7) is 0. The van der Waals surface area contributed by atoms with Crippen LogP contribution in [0.5, 0.6) is 0 Å². The summed E-state index contributed by atoms with van der Waals surface area (Å²) in [4.78, 5) is 10.1. The molecule has 1 rings (SSSR count). The fourth-order valence-corrected chi connectivity index (χ4v) is 1.95. The molecule has 1 aliphatic heterocycles. The largest absolute Gasteiger partial charge is 0.750 e. The Labute approximate surface area is 68.5 Å². The monoisotopic (exact) mass is 214 g/mol. The van der Waals surface area contributed by atoms with E-state index in [9.17, 15) is 13.9 Å². The summed E-state index contributed by atoms with van der Waals surface area (Å²) in [5.41, 5.74) is 0. The summed E-state index contributed by atoms with van der Waals surface area (Å²) in [5, 5.41) is 8.25. The van der Waals surface area contributed by atoms with Crippen molar-refractivity contribution in [2.24, 2.45) is 0 Å². The third-order valence-electron chi connectivity index (χ3n) is 0.882. The maximum absolute atomic E-state index is 10.5. The molecule has 1 saturated heterocycles. The second kappa shape index (κ2) is 3.98. The number of carboxylic acids is 1. The first-order valence-corrected chi connectivity index (χ1v) is 4.95. The molecule has 0 bridgehead atoms. The van der Waals surface area contributed by atoms with Gasteiger partial charge in [0.05, 0.1) is 0 Å². The van der Waals surface area contributed by atoms with Crippen LogP contribution in [0.15, 0.2) is 0 Å². The number of hydrogen-bond donors (Lipinski definition) is 1. The smallest absolute Gasteiger partial charge is 0.481 e. The second-order valence-corrected chi connectivity index (χ2v) is 3.74. The Kier molecular flexibility index (Phi) is 3.20. The lowest BCUT2D eigenvalue weighted by atomic mass is 10.4. The van der Waals surface area contributed by atoms with Crippen LogP contribution in [0.25, 0.3) is 0 Å². The van der Waals surface area contributed by atoms with Crippen molar-refractivity contribution in [1.29, 1.82) is 0 Å². The average molecular weight is 214 g/mol. The van der Waals surface area contributed by atoms with Crippen molar-refractivity contribution in [3.8, 4) is 0 Å². The molecule has 0 aromatic rings. The molecular formula is C3H4O7P2+2. The SMILES string of the molecule is O=C(O)CC1O[P+](=O)O[P+](=O)O1. The van der Waals surface area contributed by atoms with Crippen LogP contribution in [0.3, 0.4) is 0 Å². The molecule has 7 nitrogen and oxygen atoms in total. The molecule has 0 radical (unpaired) electrons. The minimum Gasteiger partial charge on any atom is -0.481 e. The summed E-state index contributed by atoms with van der Waals surface area (Å²) in [5.74, 6) is -1.20. The molecule has 1 heterocycles. The Morgan fingerprint density at radius 3 is 2.25 bits per heavy atom. The van der Waals surface area contributed by atoms with Crippen LogP contribution in [-0.4, -0.2) is 17.4 Å². The lowest BCUT2D eigenvalue weighted by molar-refractivity contribution is -0.143. The Hall–Kier alpha value is -0.450. The third-order valence-corrected chi connectivity index (χ3v) is 2.76. The van der Waals surface area contributed by atoms with E-state index in [1.165, 1.54) is 0 Å². The summed E-state index contributed by atoms with van der Waals surface area (Å²) in [7, 11) is -5.05. The van der Waals surface area contributed by atoms with Crippen molar-refractivity contribution in [2.45, 2.75) is 12.7 Å². The lowest BCUT2D eigenvalue weighted by Gasteiger charge is -2.00. The first-order chi connectivity index (χ1) is 5.58. The Morgan fingerprint density at radius 1 is 1.33 bits per heavy atom. The van der Waals surface area contributed by atoms with Gasteiger partial charge in [0.25, 0.3) is 6.29 Å². The molecule has 1 N–H and O–H groups in total. The van der Waals surface area contributed by atoms with E-state index in [-0.39, 0.29) is 0 Å². The molecule has 66 valence electrons.